The van der Waals surface area contributed by atoms with Crippen LogP contribution in [0.15, 0.2) is 67.1 Å². The summed E-state index contributed by atoms with van der Waals surface area (Å²) in [7, 11) is 0. The number of pyridine rings is 2. The van der Waals surface area contributed by atoms with E-state index in [1.54, 1.807) is 6.20 Å². The summed E-state index contributed by atoms with van der Waals surface area (Å²) in [6.07, 6.45) is 21.0. The number of benzene rings is 1. The second-order valence-corrected chi connectivity index (χ2v) is 10.6. The Morgan fingerprint density at radius 1 is 0.641 bits per heavy atom. The van der Waals surface area contributed by atoms with Gasteiger partial charge >= 0.3 is 0 Å². The number of nitrogens with zero attached hydrogens (tertiary/aromatic N) is 4. The summed E-state index contributed by atoms with van der Waals surface area (Å²) < 4.78 is 6.29. The van der Waals surface area contributed by atoms with Crippen molar-refractivity contribution < 1.29 is 4.74 Å². The summed E-state index contributed by atoms with van der Waals surface area (Å²) >= 11 is 0. The highest BCUT2D eigenvalue weighted by Crippen LogP contribution is 2.33. The van der Waals surface area contributed by atoms with Crippen LogP contribution in [-0.4, -0.2) is 26.5 Å². The monoisotopic (exact) mass is 524 g/mol. The van der Waals surface area contributed by atoms with Crippen LogP contribution in [0.4, 0.5) is 0 Å². The molecule has 0 aliphatic heterocycles. The van der Waals surface area contributed by atoms with E-state index in [0.717, 1.165) is 33.5 Å². The first kappa shape index (κ1) is 28.7. The fraction of sp³-hybridized carbons (Fsp3) is 0.471. The summed E-state index contributed by atoms with van der Waals surface area (Å²) in [5.41, 5.74) is 5.40. The molecule has 0 amide bonds. The van der Waals surface area contributed by atoms with Crippen LogP contribution >= 0.6 is 0 Å². The van der Waals surface area contributed by atoms with Crippen LogP contribution in [0.2, 0.25) is 0 Å². The van der Waals surface area contributed by atoms with Crippen LogP contribution in [0.25, 0.3) is 33.5 Å². The highest BCUT2D eigenvalue weighted by molar-refractivity contribution is 5.91. The first-order valence-corrected chi connectivity index (χ1v) is 15.0. The molecule has 0 bridgehead atoms. The van der Waals surface area contributed by atoms with Gasteiger partial charge in [-0.15, -0.1) is 0 Å². The normalized spacial score (nSPS) is 12.1. The smallest absolute Gasteiger partial charge is 0.232 e. The number of fused-ring (bicyclic) bond motifs is 1. The lowest BCUT2D eigenvalue weighted by atomic mass is 9.95. The molecular formula is C34H44N4O. The molecule has 5 heteroatoms. The van der Waals surface area contributed by atoms with Crippen molar-refractivity contribution in [3.05, 3.63) is 67.1 Å². The van der Waals surface area contributed by atoms with E-state index < -0.39 is 0 Å². The molecule has 0 aliphatic carbocycles. The molecule has 0 saturated heterocycles. The lowest BCUT2D eigenvalue weighted by Crippen LogP contribution is -2.13. The Hall–Kier alpha value is -3.34. The molecule has 0 spiro atoms. The predicted octanol–water partition coefficient (Wildman–Crippen LogP) is 9.47. The molecule has 1 atom stereocenters. The third kappa shape index (κ3) is 8.84. The molecule has 206 valence electrons. The van der Waals surface area contributed by atoms with Crippen molar-refractivity contribution in [3.8, 4) is 28.4 Å². The van der Waals surface area contributed by atoms with Gasteiger partial charge in [0.15, 0.2) is 0 Å². The van der Waals surface area contributed by atoms with Crippen LogP contribution in [0, 0.1) is 5.92 Å². The molecule has 39 heavy (non-hydrogen) atoms. The van der Waals surface area contributed by atoms with Crippen molar-refractivity contribution in [2.45, 2.75) is 90.9 Å². The van der Waals surface area contributed by atoms with Gasteiger partial charge in [0.05, 0.1) is 35.2 Å². The zero-order valence-corrected chi connectivity index (χ0v) is 23.8. The molecule has 0 N–H and O–H groups in total. The standard InChI is InChI=1S/C34H44N4O/c1-3-5-7-9-10-12-18-27(17-11-8-6-4-2)26-39-34-25-37-32-23-28(30-19-13-15-21-35-30)29(24-33(32)38-34)31-20-14-16-22-36-31/h13-16,19-25,27H,3-12,17-18,26H2,1-2H3. The van der Waals surface area contributed by atoms with E-state index in [-0.39, 0.29) is 0 Å². The number of aromatic nitrogens is 4. The molecule has 4 rings (SSSR count). The van der Waals surface area contributed by atoms with Gasteiger partial charge in [-0.3, -0.25) is 9.97 Å². The Morgan fingerprint density at radius 3 is 1.79 bits per heavy atom. The molecule has 0 aliphatic rings. The average molecular weight is 525 g/mol. The maximum absolute atomic E-state index is 6.29. The van der Waals surface area contributed by atoms with Crippen molar-refractivity contribution in [2.24, 2.45) is 5.92 Å². The Morgan fingerprint density at radius 2 is 1.21 bits per heavy atom. The van der Waals surface area contributed by atoms with Gasteiger partial charge in [-0.25, -0.2) is 9.97 Å². The van der Waals surface area contributed by atoms with Gasteiger partial charge in [-0.05, 0) is 55.2 Å². The van der Waals surface area contributed by atoms with Gasteiger partial charge in [0.1, 0.15) is 0 Å². The highest BCUT2D eigenvalue weighted by atomic mass is 16.5. The van der Waals surface area contributed by atoms with E-state index in [1.165, 1.54) is 77.0 Å². The van der Waals surface area contributed by atoms with E-state index in [2.05, 4.69) is 35.9 Å². The number of hydrogen-bond donors (Lipinski definition) is 0. The second kappa shape index (κ2) is 15.9. The van der Waals surface area contributed by atoms with E-state index >= 15 is 0 Å². The molecule has 3 heterocycles. The van der Waals surface area contributed by atoms with Gasteiger partial charge in [0.25, 0.3) is 0 Å². The molecular weight excluding hydrogens is 480 g/mol. The number of unbranched alkanes of at least 4 members (excludes halogenated alkanes) is 8. The lowest BCUT2D eigenvalue weighted by Gasteiger charge is -2.18. The number of ether oxygens (including phenoxy) is 1. The molecule has 0 radical (unpaired) electrons. The zero-order valence-electron chi connectivity index (χ0n) is 23.8. The van der Waals surface area contributed by atoms with Crippen LogP contribution in [0.5, 0.6) is 5.88 Å². The van der Waals surface area contributed by atoms with Gasteiger partial charge in [-0.1, -0.05) is 90.2 Å². The fourth-order valence-corrected chi connectivity index (χ4v) is 5.17. The van der Waals surface area contributed by atoms with Gasteiger partial charge in [-0.2, -0.15) is 0 Å². The topological polar surface area (TPSA) is 60.8 Å². The fourth-order valence-electron chi connectivity index (χ4n) is 5.17. The first-order chi connectivity index (χ1) is 19.3. The van der Waals surface area contributed by atoms with E-state index in [4.69, 9.17) is 14.7 Å². The quantitative estimate of drug-likeness (QED) is 0.129. The highest BCUT2D eigenvalue weighted by Gasteiger charge is 2.15. The third-order valence-electron chi connectivity index (χ3n) is 7.44. The Labute approximate surface area is 234 Å². The third-order valence-corrected chi connectivity index (χ3v) is 7.44. The van der Waals surface area contributed by atoms with Crippen LogP contribution in [0.3, 0.4) is 0 Å². The molecule has 0 saturated carbocycles. The Balaban J connectivity index is 1.49. The maximum Gasteiger partial charge on any atom is 0.232 e. The SMILES string of the molecule is CCCCCCCCC(CCCCCC)COc1cnc2cc(-c3ccccn3)c(-c3ccccn3)cc2n1. The minimum Gasteiger partial charge on any atom is -0.476 e. The molecule has 1 unspecified atom stereocenters. The van der Waals surface area contributed by atoms with E-state index in [0.29, 0.717) is 18.4 Å². The van der Waals surface area contributed by atoms with Gasteiger partial charge in [0, 0.05) is 23.5 Å². The summed E-state index contributed by atoms with van der Waals surface area (Å²) in [4.78, 5) is 18.8. The number of rotatable bonds is 17. The van der Waals surface area contributed by atoms with Crippen molar-refractivity contribution >= 4 is 11.0 Å². The predicted molar refractivity (Wildman–Crippen MR) is 162 cm³/mol. The van der Waals surface area contributed by atoms with Crippen LogP contribution in [0.1, 0.15) is 90.9 Å². The molecule has 1 aromatic carbocycles. The van der Waals surface area contributed by atoms with Crippen LogP contribution in [-0.2, 0) is 0 Å². The summed E-state index contributed by atoms with van der Waals surface area (Å²) in [6, 6.07) is 16.0. The maximum atomic E-state index is 6.29. The van der Waals surface area contributed by atoms with Crippen LogP contribution < -0.4 is 4.74 Å². The van der Waals surface area contributed by atoms with Crippen molar-refractivity contribution in [2.75, 3.05) is 6.61 Å². The van der Waals surface area contributed by atoms with Crippen molar-refractivity contribution in [3.63, 3.8) is 0 Å². The summed E-state index contributed by atoms with van der Waals surface area (Å²) in [5, 5.41) is 0. The molecule has 5 nitrogen and oxygen atoms in total. The minimum absolute atomic E-state index is 0.570. The van der Waals surface area contributed by atoms with Crippen molar-refractivity contribution in [1.29, 1.82) is 0 Å². The van der Waals surface area contributed by atoms with Gasteiger partial charge in [0.2, 0.25) is 5.88 Å². The van der Waals surface area contributed by atoms with Gasteiger partial charge < -0.3 is 4.74 Å². The molecule has 3 aromatic heterocycles. The zero-order chi connectivity index (χ0) is 27.1. The summed E-state index contributed by atoms with van der Waals surface area (Å²) in [5.74, 6) is 1.17. The first-order valence-electron chi connectivity index (χ1n) is 15.0. The van der Waals surface area contributed by atoms with E-state index in [9.17, 15) is 0 Å². The largest absolute Gasteiger partial charge is 0.476 e. The Kier molecular flexibility index (Phi) is 11.7. The Bertz CT molecular complexity index is 1250. The second-order valence-electron chi connectivity index (χ2n) is 10.6. The molecule has 0 fully saturated rings. The summed E-state index contributed by atoms with van der Waals surface area (Å²) in [6.45, 7) is 5.26. The lowest BCUT2D eigenvalue weighted by molar-refractivity contribution is 0.217. The number of hydrogen-bond acceptors (Lipinski definition) is 5. The van der Waals surface area contributed by atoms with E-state index in [1.807, 2.05) is 48.8 Å². The average Bonchev–Trinajstić information content (AvgIpc) is 2.99. The molecule has 4 aromatic rings. The van der Waals surface area contributed by atoms with Crippen molar-refractivity contribution in [1.82, 2.24) is 19.9 Å². The minimum atomic E-state index is 0.570.